The molecule has 2 N–H and O–H groups in total. The van der Waals surface area contributed by atoms with E-state index in [2.05, 4.69) is 40.4 Å². The SMILES string of the molecule is CCCNC(=O)C(C)Oc1ccc(Br)cc1C(C)NCC. The van der Waals surface area contributed by atoms with E-state index in [1.807, 2.05) is 25.1 Å². The number of hydrogen-bond donors (Lipinski definition) is 2. The van der Waals surface area contributed by atoms with Gasteiger partial charge in [0.2, 0.25) is 0 Å². The van der Waals surface area contributed by atoms with E-state index >= 15 is 0 Å². The molecule has 21 heavy (non-hydrogen) atoms. The third-order valence-corrected chi connectivity index (χ3v) is 3.66. The number of benzene rings is 1. The zero-order valence-electron chi connectivity index (χ0n) is 13.2. The van der Waals surface area contributed by atoms with E-state index in [9.17, 15) is 4.79 Å². The standard InChI is InChI=1S/C16H25BrN2O2/c1-5-9-19-16(20)12(4)21-15-8-7-13(17)10-14(15)11(3)18-6-2/h7-8,10-12,18H,5-6,9H2,1-4H3,(H,19,20). The van der Waals surface area contributed by atoms with Crippen molar-refractivity contribution >= 4 is 21.8 Å². The summed E-state index contributed by atoms with van der Waals surface area (Å²) >= 11 is 3.48. The van der Waals surface area contributed by atoms with Gasteiger partial charge in [0.25, 0.3) is 5.91 Å². The molecule has 118 valence electrons. The van der Waals surface area contributed by atoms with Gasteiger partial charge in [0.15, 0.2) is 6.10 Å². The first-order chi connectivity index (χ1) is 9.99. The lowest BCUT2D eigenvalue weighted by atomic mass is 10.1. The molecule has 1 amide bonds. The Morgan fingerprint density at radius 2 is 2.05 bits per heavy atom. The first-order valence-corrected chi connectivity index (χ1v) is 8.26. The van der Waals surface area contributed by atoms with Crippen LogP contribution in [0.15, 0.2) is 22.7 Å². The molecule has 0 saturated carbocycles. The highest BCUT2D eigenvalue weighted by Gasteiger charge is 2.18. The van der Waals surface area contributed by atoms with Crippen LogP contribution in [0.25, 0.3) is 0 Å². The van der Waals surface area contributed by atoms with Gasteiger partial charge >= 0.3 is 0 Å². The lowest BCUT2D eigenvalue weighted by Crippen LogP contribution is -2.37. The summed E-state index contributed by atoms with van der Waals surface area (Å²) in [5.41, 5.74) is 1.04. The number of halogens is 1. The average molecular weight is 357 g/mol. The lowest BCUT2D eigenvalue weighted by Gasteiger charge is -2.21. The second-order valence-electron chi connectivity index (χ2n) is 5.01. The Morgan fingerprint density at radius 1 is 1.33 bits per heavy atom. The van der Waals surface area contributed by atoms with E-state index in [1.54, 1.807) is 6.92 Å². The Kier molecular flexibility index (Phi) is 7.75. The highest BCUT2D eigenvalue weighted by molar-refractivity contribution is 9.10. The van der Waals surface area contributed by atoms with Gasteiger partial charge in [-0.1, -0.05) is 29.8 Å². The maximum Gasteiger partial charge on any atom is 0.260 e. The minimum atomic E-state index is -0.509. The number of carbonyl (C=O) groups is 1. The summed E-state index contributed by atoms with van der Waals surface area (Å²) in [6, 6.07) is 6.01. The molecule has 0 fully saturated rings. The minimum absolute atomic E-state index is 0.0816. The topological polar surface area (TPSA) is 50.4 Å². The molecule has 0 heterocycles. The predicted octanol–water partition coefficient (Wildman–Crippen LogP) is 3.41. The van der Waals surface area contributed by atoms with Gasteiger partial charge in [-0.05, 0) is 45.0 Å². The van der Waals surface area contributed by atoms with Crippen molar-refractivity contribution < 1.29 is 9.53 Å². The smallest absolute Gasteiger partial charge is 0.260 e. The third-order valence-electron chi connectivity index (χ3n) is 3.17. The summed E-state index contributed by atoms with van der Waals surface area (Å²) in [4.78, 5) is 11.9. The van der Waals surface area contributed by atoms with Crippen LogP contribution in [0, 0.1) is 0 Å². The summed E-state index contributed by atoms with van der Waals surface area (Å²) in [5, 5.41) is 6.21. The van der Waals surface area contributed by atoms with E-state index in [1.165, 1.54) is 0 Å². The molecular weight excluding hydrogens is 332 g/mol. The Morgan fingerprint density at radius 3 is 2.67 bits per heavy atom. The number of nitrogens with one attached hydrogen (secondary N) is 2. The Balaban J connectivity index is 2.84. The number of carbonyl (C=O) groups excluding carboxylic acids is 1. The number of rotatable bonds is 8. The van der Waals surface area contributed by atoms with Crippen molar-refractivity contribution in [2.75, 3.05) is 13.1 Å². The molecule has 0 aliphatic rings. The lowest BCUT2D eigenvalue weighted by molar-refractivity contribution is -0.127. The number of amides is 1. The maximum absolute atomic E-state index is 11.9. The van der Waals surface area contributed by atoms with Crippen molar-refractivity contribution in [3.63, 3.8) is 0 Å². The van der Waals surface area contributed by atoms with Gasteiger partial charge in [0.1, 0.15) is 5.75 Å². The summed E-state index contributed by atoms with van der Waals surface area (Å²) < 4.78 is 6.85. The summed E-state index contributed by atoms with van der Waals surface area (Å²) in [6.45, 7) is 9.49. The fraction of sp³-hybridized carbons (Fsp3) is 0.562. The predicted molar refractivity (Wildman–Crippen MR) is 89.6 cm³/mol. The van der Waals surface area contributed by atoms with Gasteiger partial charge in [0.05, 0.1) is 0 Å². The van der Waals surface area contributed by atoms with E-state index < -0.39 is 6.10 Å². The van der Waals surface area contributed by atoms with Gasteiger partial charge in [-0.2, -0.15) is 0 Å². The zero-order valence-corrected chi connectivity index (χ0v) is 14.8. The van der Waals surface area contributed by atoms with E-state index in [4.69, 9.17) is 4.74 Å². The molecule has 0 aliphatic carbocycles. The average Bonchev–Trinajstić information content (AvgIpc) is 2.46. The first-order valence-electron chi connectivity index (χ1n) is 7.46. The van der Waals surface area contributed by atoms with E-state index in [-0.39, 0.29) is 11.9 Å². The van der Waals surface area contributed by atoms with E-state index in [0.29, 0.717) is 6.54 Å². The van der Waals surface area contributed by atoms with Crippen LogP contribution in [0.2, 0.25) is 0 Å². The molecular formula is C16H25BrN2O2. The fourth-order valence-corrected chi connectivity index (χ4v) is 2.40. The van der Waals surface area contributed by atoms with Crippen LogP contribution in [0.1, 0.15) is 45.7 Å². The van der Waals surface area contributed by atoms with Gasteiger partial charge in [-0.3, -0.25) is 4.79 Å². The summed E-state index contributed by atoms with van der Waals surface area (Å²) in [6.07, 6.45) is 0.407. The van der Waals surface area contributed by atoms with Crippen molar-refractivity contribution in [3.8, 4) is 5.75 Å². The van der Waals surface area contributed by atoms with Crippen molar-refractivity contribution in [3.05, 3.63) is 28.2 Å². The second kappa shape index (κ2) is 9.05. The quantitative estimate of drug-likeness (QED) is 0.750. The molecule has 2 atom stereocenters. The Bertz CT molecular complexity index is 466. The van der Waals surface area contributed by atoms with Crippen LogP contribution in [-0.2, 0) is 4.79 Å². The molecule has 4 nitrogen and oxygen atoms in total. The molecule has 0 spiro atoms. The molecule has 0 saturated heterocycles. The van der Waals surface area contributed by atoms with Crippen molar-refractivity contribution in [1.82, 2.24) is 10.6 Å². The van der Waals surface area contributed by atoms with Crippen molar-refractivity contribution in [2.45, 2.75) is 46.3 Å². The highest BCUT2D eigenvalue weighted by Crippen LogP contribution is 2.29. The van der Waals surface area contributed by atoms with Crippen LogP contribution in [0.4, 0.5) is 0 Å². The fourth-order valence-electron chi connectivity index (χ4n) is 2.02. The molecule has 0 bridgehead atoms. The first kappa shape index (κ1) is 18.0. The van der Waals surface area contributed by atoms with Crippen LogP contribution >= 0.6 is 15.9 Å². The summed E-state index contributed by atoms with van der Waals surface area (Å²) in [5.74, 6) is 0.660. The van der Waals surface area contributed by atoms with Crippen LogP contribution in [-0.4, -0.2) is 25.1 Å². The van der Waals surface area contributed by atoms with Gasteiger partial charge in [-0.15, -0.1) is 0 Å². The number of ether oxygens (including phenoxy) is 1. The Hall–Kier alpha value is -1.07. The maximum atomic E-state index is 11.9. The molecule has 0 aromatic heterocycles. The van der Waals surface area contributed by atoms with Gasteiger partial charge in [-0.25, -0.2) is 0 Å². The minimum Gasteiger partial charge on any atom is -0.481 e. The molecule has 1 rings (SSSR count). The molecule has 2 unspecified atom stereocenters. The second-order valence-corrected chi connectivity index (χ2v) is 5.93. The van der Waals surface area contributed by atoms with Crippen LogP contribution < -0.4 is 15.4 Å². The normalized spacial score (nSPS) is 13.6. The highest BCUT2D eigenvalue weighted by atomic mass is 79.9. The van der Waals surface area contributed by atoms with Crippen LogP contribution in [0.3, 0.4) is 0 Å². The Labute approximate surface area is 135 Å². The number of hydrogen-bond acceptors (Lipinski definition) is 3. The van der Waals surface area contributed by atoms with E-state index in [0.717, 1.165) is 28.8 Å². The van der Waals surface area contributed by atoms with Crippen molar-refractivity contribution in [2.24, 2.45) is 0 Å². The third kappa shape index (κ3) is 5.67. The molecule has 1 aromatic rings. The molecule has 0 aliphatic heterocycles. The van der Waals surface area contributed by atoms with Crippen molar-refractivity contribution in [1.29, 1.82) is 0 Å². The largest absolute Gasteiger partial charge is 0.481 e. The molecule has 1 aromatic carbocycles. The molecule has 5 heteroatoms. The zero-order chi connectivity index (χ0) is 15.8. The van der Waals surface area contributed by atoms with Crippen LogP contribution in [0.5, 0.6) is 5.75 Å². The summed E-state index contributed by atoms with van der Waals surface area (Å²) in [7, 11) is 0. The monoisotopic (exact) mass is 356 g/mol. The van der Waals surface area contributed by atoms with Gasteiger partial charge < -0.3 is 15.4 Å². The molecule has 0 radical (unpaired) electrons. The van der Waals surface area contributed by atoms with Gasteiger partial charge in [0, 0.05) is 22.6 Å².